The van der Waals surface area contributed by atoms with Crippen molar-refractivity contribution in [1.29, 1.82) is 0 Å². The molecule has 1 aliphatic heterocycles. The summed E-state index contributed by atoms with van der Waals surface area (Å²) in [5, 5.41) is 0. The largest absolute Gasteiger partial charge is 0.497 e. The second-order valence-corrected chi connectivity index (χ2v) is 7.56. The Labute approximate surface area is 188 Å². The second kappa shape index (κ2) is 9.01. The molecule has 1 aromatic heterocycles. The number of hydrogen-bond acceptors (Lipinski definition) is 4. The van der Waals surface area contributed by atoms with Crippen LogP contribution in [0.1, 0.15) is 26.5 Å². The van der Waals surface area contributed by atoms with Gasteiger partial charge in [-0.15, -0.1) is 0 Å². The monoisotopic (exact) mass is 458 g/mol. The Morgan fingerprint density at radius 1 is 0.879 bits per heavy atom. The molecule has 0 bridgehead atoms. The molecule has 6 nitrogen and oxygen atoms in total. The number of carbonyl (C=O) groups is 2. The van der Waals surface area contributed by atoms with E-state index in [9.17, 15) is 22.8 Å². The summed E-state index contributed by atoms with van der Waals surface area (Å²) in [5.74, 6) is 0.280. The maximum absolute atomic E-state index is 13.0. The number of halogens is 3. The van der Waals surface area contributed by atoms with Crippen molar-refractivity contribution < 1.29 is 31.9 Å². The van der Waals surface area contributed by atoms with E-state index < -0.39 is 11.7 Å². The van der Waals surface area contributed by atoms with Crippen molar-refractivity contribution in [1.82, 2.24) is 9.80 Å². The van der Waals surface area contributed by atoms with Gasteiger partial charge in [0.2, 0.25) is 0 Å². The number of alkyl halides is 3. The van der Waals surface area contributed by atoms with Crippen molar-refractivity contribution in [2.75, 3.05) is 33.3 Å². The molecule has 0 radical (unpaired) electrons. The van der Waals surface area contributed by atoms with Crippen molar-refractivity contribution in [2.24, 2.45) is 0 Å². The van der Waals surface area contributed by atoms with Crippen LogP contribution in [-0.2, 0) is 6.18 Å². The average Bonchev–Trinajstić information content (AvgIpc) is 3.33. The van der Waals surface area contributed by atoms with Crippen molar-refractivity contribution in [2.45, 2.75) is 6.18 Å². The predicted molar refractivity (Wildman–Crippen MR) is 114 cm³/mol. The first-order valence-corrected chi connectivity index (χ1v) is 10.3. The molecule has 2 heterocycles. The first kappa shape index (κ1) is 22.4. The van der Waals surface area contributed by atoms with Gasteiger partial charge in [-0.25, -0.2) is 0 Å². The van der Waals surface area contributed by atoms with Gasteiger partial charge in [0, 0.05) is 37.3 Å². The van der Waals surface area contributed by atoms with E-state index in [1.54, 1.807) is 34.1 Å². The fourth-order valence-corrected chi connectivity index (χ4v) is 3.66. The fourth-order valence-electron chi connectivity index (χ4n) is 3.66. The highest BCUT2D eigenvalue weighted by atomic mass is 19.4. The van der Waals surface area contributed by atoms with Crippen LogP contribution in [0.3, 0.4) is 0 Å². The molecule has 0 N–H and O–H groups in total. The minimum absolute atomic E-state index is 0.0370. The van der Waals surface area contributed by atoms with E-state index in [2.05, 4.69) is 0 Å². The third kappa shape index (κ3) is 4.87. The number of piperazine rings is 1. The fraction of sp³-hybridized carbons (Fsp3) is 0.250. The van der Waals surface area contributed by atoms with Crippen LogP contribution >= 0.6 is 0 Å². The zero-order valence-corrected chi connectivity index (χ0v) is 17.8. The van der Waals surface area contributed by atoms with Crippen LogP contribution in [0.25, 0.3) is 11.3 Å². The summed E-state index contributed by atoms with van der Waals surface area (Å²) in [6.07, 6.45) is -4.47. The molecule has 1 saturated heterocycles. The molecule has 1 aliphatic rings. The molecule has 0 spiro atoms. The van der Waals surface area contributed by atoms with Crippen LogP contribution in [0.5, 0.6) is 5.75 Å². The van der Waals surface area contributed by atoms with Crippen molar-refractivity contribution in [3.05, 3.63) is 77.6 Å². The van der Waals surface area contributed by atoms with Crippen LogP contribution in [0, 0.1) is 0 Å². The average molecular weight is 458 g/mol. The first-order valence-electron chi connectivity index (χ1n) is 10.3. The van der Waals surface area contributed by atoms with Crippen molar-refractivity contribution >= 4 is 11.8 Å². The van der Waals surface area contributed by atoms with Gasteiger partial charge in [-0.1, -0.05) is 18.2 Å². The molecule has 0 aliphatic carbocycles. The van der Waals surface area contributed by atoms with Crippen LogP contribution in [0.4, 0.5) is 13.2 Å². The van der Waals surface area contributed by atoms with E-state index in [1.807, 2.05) is 0 Å². The summed E-state index contributed by atoms with van der Waals surface area (Å²) in [5.41, 5.74) is -0.0513. The highest BCUT2D eigenvalue weighted by Gasteiger charge is 2.31. The van der Waals surface area contributed by atoms with Gasteiger partial charge in [0.25, 0.3) is 11.8 Å². The maximum atomic E-state index is 13.0. The second-order valence-electron chi connectivity index (χ2n) is 7.56. The third-order valence-electron chi connectivity index (χ3n) is 5.46. The Bertz CT molecular complexity index is 1160. The Balaban J connectivity index is 1.41. The van der Waals surface area contributed by atoms with Gasteiger partial charge >= 0.3 is 6.18 Å². The Kier molecular flexibility index (Phi) is 6.13. The van der Waals surface area contributed by atoms with Gasteiger partial charge in [-0.05, 0) is 42.5 Å². The lowest BCUT2D eigenvalue weighted by molar-refractivity contribution is -0.137. The minimum atomic E-state index is -4.47. The number of carbonyl (C=O) groups excluding carboxylic acids is 2. The molecule has 2 amide bonds. The van der Waals surface area contributed by atoms with E-state index in [-0.39, 0.29) is 28.9 Å². The molecule has 1 fully saturated rings. The molecule has 3 aromatic rings. The quantitative estimate of drug-likeness (QED) is 0.575. The number of furan rings is 1. The van der Waals surface area contributed by atoms with E-state index in [1.165, 1.54) is 31.4 Å². The van der Waals surface area contributed by atoms with Gasteiger partial charge in [0.15, 0.2) is 5.76 Å². The number of methoxy groups -OCH3 is 1. The van der Waals surface area contributed by atoms with Gasteiger partial charge in [0.05, 0.1) is 12.7 Å². The Morgan fingerprint density at radius 2 is 1.55 bits per heavy atom. The molecule has 4 rings (SSSR count). The number of amides is 2. The van der Waals surface area contributed by atoms with Crippen LogP contribution in [0.2, 0.25) is 0 Å². The lowest BCUT2D eigenvalue weighted by atomic mass is 10.1. The highest BCUT2D eigenvalue weighted by molar-refractivity contribution is 5.95. The smallest absolute Gasteiger partial charge is 0.416 e. The van der Waals surface area contributed by atoms with E-state index in [4.69, 9.17) is 9.15 Å². The molecule has 2 aromatic carbocycles. The molecule has 0 saturated carbocycles. The Morgan fingerprint density at radius 3 is 2.21 bits per heavy atom. The number of benzene rings is 2. The number of ether oxygens (including phenoxy) is 1. The standard InChI is InChI=1S/C24H21F3N2O4/c1-32-19-7-3-5-17(15-19)22(30)28-10-12-29(13-11-28)23(31)21-9-8-20(33-21)16-4-2-6-18(14-16)24(25,26)27/h2-9,14-15H,10-13H2,1H3. The molecular formula is C24H21F3N2O4. The molecule has 33 heavy (non-hydrogen) atoms. The predicted octanol–water partition coefficient (Wildman–Crippen LogP) is 4.57. The molecule has 9 heteroatoms. The zero-order chi connectivity index (χ0) is 23.6. The van der Waals surface area contributed by atoms with E-state index >= 15 is 0 Å². The summed E-state index contributed by atoms with van der Waals surface area (Å²) < 4.78 is 49.6. The first-order chi connectivity index (χ1) is 15.8. The van der Waals surface area contributed by atoms with E-state index in [0.29, 0.717) is 37.5 Å². The van der Waals surface area contributed by atoms with Crippen molar-refractivity contribution in [3.63, 3.8) is 0 Å². The maximum Gasteiger partial charge on any atom is 0.416 e. The molecule has 172 valence electrons. The number of nitrogens with zero attached hydrogens (tertiary/aromatic N) is 2. The summed E-state index contributed by atoms with van der Waals surface area (Å²) in [7, 11) is 1.53. The van der Waals surface area contributed by atoms with E-state index in [0.717, 1.165) is 12.1 Å². The highest BCUT2D eigenvalue weighted by Crippen LogP contribution is 2.32. The molecule has 0 atom stereocenters. The number of hydrogen-bond donors (Lipinski definition) is 0. The third-order valence-corrected chi connectivity index (χ3v) is 5.46. The summed E-state index contributed by atoms with van der Waals surface area (Å²) in [4.78, 5) is 28.8. The van der Waals surface area contributed by atoms with Gasteiger partial charge in [-0.2, -0.15) is 13.2 Å². The summed E-state index contributed by atoms with van der Waals surface area (Å²) in [6, 6.07) is 14.5. The van der Waals surface area contributed by atoms with Crippen molar-refractivity contribution in [3.8, 4) is 17.1 Å². The lowest BCUT2D eigenvalue weighted by Crippen LogP contribution is -2.50. The normalized spacial score (nSPS) is 14.3. The zero-order valence-electron chi connectivity index (χ0n) is 17.8. The minimum Gasteiger partial charge on any atom is -0.497 e. The number of rotatable bonds is 4. The van der Waals surface area contributed by atoms with Gasteiger partial charge in [-0.3, -0.25) is 9.59 Å². The van der Waals surface area contributed by atoms with Crippen LogP contribution < -0.4 is 4.74 Å². The van der Waals surface area contributed by atoms with Crippen LogP contribution in [-0.4, -0.2) is 54.9 Å². The van der Waals surface area contributed by atoms with Gasteiger partial charge < -0.3 is 19.0 Å². The lowest BCUT2D eigenvalue weighted by Gasteiger charge is -2.34. The Hall–Kier alpha value is -3.75. The summed E-state index contributed by atoms with van der Waals surface area (Å²) >= 11 is 0. The molecule has 0 unspecified atom stereocenters. The SMILES string of the molecule is COc1cccc(C(=O)N2CCN(C(=O)c3ccc(-c4cccc(C(F)(F)F)c4)o3)CC2)c1. The summed E-state index contributed by atoms with van der Waals surface area (Å²) in [6.45, 7) is 1.33. The topological polar surface area (TPSA) is 63.0 Å². The van der Waals surface area contributed by atoms with Crippen LogP contribution in [0.15, 0.2) is 65.1 Å². The molecular weight excluding hydrogens is 437 g/mol. The van der Waals surface area contributed by atoms with Gasteiger partial charge in [0.1, 0.15) is 11.5 Å².